The third kappa shape index (κ3) is 2.72. The third-order valence-corrected chi connectivity index (χ3v) is 5.09. The number of carboxylic acids is 1. The lowest BCUT2D eigenvalue weighted by Crippen LogP contribution is -2.63. The number of nitrogens with zero attached hydrogens (tertiary/aromatic N) is 1. The summed E-state index contributed by atoms with van der Waals surface area (Å²) >= 11 is 1.06. The molecule has 11 heteroatoms. The van der Waals surface area contributed by atoms with Gasteiger partial charge in [0.25, 0.3) is 0 Å². The maximum Gasteiger partial charge on any atom is 0.411 e. The van der Waals surface area contributed by atoms with Gasteiger partial charge < -0.3 is 5.11 Å². The van der Waals surface area contributed by atoms with Crippen LogP contribution in [0.2, 0.25) is 0 Å². The Bertz CT molecular complexity index is 920. The number of carbonyl (C=O) groups excluding carboxylic acids is 1. The number of rotatable bonds is 4. The number of halogens is 6. The van der Waals surface area contributed by atoms with Crippen molar-refractivity contribution in [2.45, 2.75) is 27.6 Å². The third-order valence-electron chi connectivity index (χ3n) is 3.96. The number of para-hydroxylation sites is 2. The summed E-state index contributed by atoms with van der Waals surface area (Å²) in [7, 11) is 0. The van der Waals surface area contributed by atoms with Crippen LogP contribution in [-0.2, 0) is 9.59 Å². The summed E-state index contributed by atoms with van der Waals surface area (Å²) in [6.07, 6.45) is 0. The zero-order chi connectivity index (χ0) is 20.9. The van der Waals surface area contributed by atoms with Crippen molar-refractivity contribution in [3.63, 3.8) is 0 Å². The van der Waals surface area contributed by atoms with E-state index >= 15 is 0 Å². The molecule has 0 fully saturated rings. The molecule has 0 aromatic heterocycles. The summed E-state index contributed by atoms with van der Waals surface area (Å²) in [5.74, 6) is -24.8. The summed E-state index contributed by atoms with van der Waals surface area (Å²) in [5, 5.41) is 8.26. The molecule has 148 valence electrons. The van der Waals surface area contributed by atoms with Gasteiger partial charge in [0, 0.05) is 9.79 Å². The van der Waals surface area contributed by atoms with Gasteiger partial charge in [-0.25, -0.2) is 4.79 Å². The van der Waals surface area contributed by atoms with Gasteiger partial charge in [-0.3, -0.25) is 9.69 Å². The number of hydrogen-bond acceptors (Lipinski definition) is 3. The Labute approximate surface area is 157 Å². The number of aliphatic carboxylic acids is 1. The summed E-state index contributed by atoms with van der Waals surface area (Å²) in [6.45, 7) is 0. The quantitative estimate of drug-likeness (QED) is 0.721. The summed E-state index contributed by atoms with van der Waals surface area (Å²) in [6, 6.07) is 10.9. The lowest BCUT2D eigenvalue weighted by atomic mass is 10.0. The van der Waals surface area contributed by atoms with Gasteiger partial charge in [-0.15, -0.1) is 0 Å². The van der Waals surface area contributed by atoms with Gasteiger partial charge in [-0.05, 0) is 24.3 Å². The van der Waals surface area contributed by atoms with Gasteiger partial charge in [0.15, 0.2) is 0 Å². The Balaban J connectivity index is 2.16. The predicted molar refractivity (Wildman–Crippen MR) is 86.6 cm³/mol. The van der Waals surface area contributed by atoms with E-state index in [2.05, 4.69) is 0 Å². The Morgan fingerprint density at radius 3 is 1.64 bits per heavy atom. The highest BCUT2D eigenvalue weighted by Gasteiger charge is 2.79. The minimum absolute atomic E-state index is 0.201. The number of amides is 1. The number of carbonyl (C=O) groups is 2. The molecule has 0 saturated carbocycles. The van der Waals surface area contributed by atoms with Crippen molar-refractivity contribution in [1.29, 1.82) is 0 Å². The van der Waals surface area contributed by atoms with Crippen LogP contribution in [-0.4, -0.2) is 34.8 Å². The Kier molecular flexibility index (Phi) is 4.61. The molecule has 2 aromatic carbocycles. The minimum atomic E-state index is -6.47. The number of carboxylic acid groups (broad SMARTS) is 1. The Morgan fingerprint density at radius 2 is 1.21 bits per heavy atom. The largest absolute Gasteiger partial charge is 0.477 e. The van der Waals surface area contributed by atoms with E-state index in [1.807, 2.05) is 0 Å². The first-order valence-corrected chi connectivity index (χ1v) is 8.32. The van der Waals surface area contributed by atoms with Crippen molar-refractivity contribution in [3.8, 4) is 0 Å². The average Bonchev–Trinajstić information content (AvgIpc) is 2.64. The molecular weight excluding hydrogens is 412 g/mol. The summed E-state index contributed by atoms with van der Waals surface area (Å²) in [4.78, 5) is 23.5. The van der Waals surface area contributed by atoms with Crippen LogP contribution >= 0.6 is 11.8 Å². The van der Waals surface area contributed by atoms with Gasteiger partial charge in [-0.1, -0.05) is 36.0 Å². The summed E-state index contributed by atoms with van der Waals surface area (Å²) in [5.41, 5.74) is -0.435. The van der Waals surface area contributed by atoms with Gasteiger partial charge in [0.2, 0.25) is 0 Å². The van der Waals surface area contributed by atoms with E-state index in [0.29, 0.717) is 0 Å². The van der Waals surface area contributed by atoms with E-state index in [0.717, 1.165) is 11.8 Å². The SMILES string of the molecule is O=C(O)C(F)(F)C(F)(F)C(F)(F)C(=O)N1c2ccccc2Sc2ccccc21. The van der Waals surface area contributed by atoms with Crippen LogP contribution in [0.1, 0.15) is 0 Å². The molecule has 0 atom stereocenters. The van der Waals surface area contributed by atoms with Crippen LogP contribution in [0.5, 0.6) is 0 Å². The number of hydrogen-bond donors (Lipinski definition) is 1. The van der Waals surface area contributed by atoms with Crippen LogP contribution in [0.4, 0.5) is 37.7 Å². The Morgan fingerprint density at radius 1 is 0.786 bits per heavy atom. The molecule has 1 N–H and O–H groups in total. The first kappa shape index (κ1) is 20.1. The number of anilines is 2. The van der Waals surface area contributed by atoms with Crippen molar-refractivity contribution in [2.75, 3.05) is 4.90 Å². The fraction of sp³-hybridized carbons (Fsp3) is 0.176. The summed E-state index contributed by atoms with van der Waals surface area (Å²) < 4.78 is 83.0. The molecule has 0 spiro atoms. The number of fused-ring (bicyclic) bond motifs is 2. The maximum absolute atomic E-state index is 14.3. The molecule has 4 nitrogen and oxygen atoms in total. The van der Waals surface area contributed by atoms with Crippen molar-refractivity contribution in [1.82, 2.24) is 0 Å². The van der Waals surface area contributed by atoms with E-state index in [1.165, 1.54) is 48.5 Å². The molecule has 0 saturated heterocycles. The molecule has 0 bridgehead atoms. The monoisotopic (exact) mass is 421 g/mol. The maximum atomic E-state index is 14.3. The lowest BCUT2D eigenvalue weighted by Gasteiger charge is -2.36. The molecule has 0 aliphatic carbocycles. The van der Waals surface area contributed by atoms with Crippen LogP contribution in [0.3, 0.4) is 0 Å². The van der Waals surface area contributed by atoms with Gasteiger partial charge in [0.1, 0.15) is 0 Å². The van der Waals surface area contributed by atoms with Gasteiger partial charge in [0.05, 0.1) is 11.4 Å². The second kappa shape index (κ2) is 6.43. The fourth-order valence-electron chi connectivity index (χ4n) is 2.53. The highest BCUT2D eigenvalue weighted by atomic mass is 32.2. The molecular formula is C17H9F6NO3S. The van der Waals surface area contributed by atoms with Crippen LogP contribution in [0.15, 0.2) is 58.3 Å². The second-order valence-electron chi connectivity index (χ2n) is 5.71. The zero-order valence-corrected chi connectivity index (χ0v) is 14.3. The van der Waals surface area contributed by atoms with E-state index in [4.69, 9.17) is 5.11 Å². The molecule has 1 heterocycles. The molecule has 28 heavy (non-hydrogen) atoms. The van der Waals surface area contributed by atoms with Crippen LogP contribution < -0.4 is 4.90 Å². The predicted octanol–water partition coefficient (Wildman–Crippen LogP) is 4.81. The highest BCUT2D eigenvalue weighted by Crippen LogP contribution is 2.52. The van der Waals surface area contributed by atoms with Crippen molar-refractivity contribution < 1.29 is 41.0 Å². The van der Waals surface area contributed by atoms with Crippen LogP contribution in [0, 0.1) is 0 Å². The first-order chi connectivity index (χ1) is 12.9. The molecule has 3 rings (SSSR count). The zero-order valence-electron chi connectivity index (χ0n) is 13.5. The minimum Gasteiger partial charge on any atom is -0.477 e. The molecule has 1 amide bonds. The molecule has 2 aromatic rings. The van der Waals surface area contributed by atoms with Gasteiger partial charge >= 0.3 is 29.6 Å². The van der Waals surface area contributed by atoms with E-state index in [1.54, 1.807) is 0 Å². The number of alkyl halides is 6. The number of benzene rings is 2. The first-order valence-electron chi connectivity index (χ1n) is 7.50. The van der Waals surface area contributed by atoms with Gasteiger partial charge in [-0.2, -0.15) is 26.3 Å². The van der Waals surface area contributed by atoms with E-state index < -0.39 is 29.6 Å². The van der Waals surface area contributed by atoms with Crippen molar-refractivity contribution in [2.24, 2.45) is 0 Å². The van der Waals surface area contributed by atoms with Crippen LogP contribution in [0.25, 0.3) is 0 Å². The molecule has 1 aliphatic heterocycles. The lowest BCUT2D eigenvalue weighted by molar-refractivity contribution is -0.291. The fourth-order valence-corrected chi connectivity index (χ4v) is 3.59. The molecule has 0 radical (unpaired) electrons. The van der Waals surface area contributed by atoms with E-state index in [9.17, 15) is 35.9 Å². The second-order valence-corrected chi connectivity index (χ2v) is 6.79. The van der Waals surface area contributed by atoms with E-state index in [-0.39, 0.29) is 26.1 Å². The average molecular weight is 421 g/mol. The normalized spacial score (nSPS) is 14.3. The van der Waals surface area contributed by atoms with Crippen molar-refractivity contribution in [3.05, 3.63) is 48.5 Å². The standard InChI is InChI=1S/C17H9F6NO3S/c18-15(19,17(22,23)16(20,21)14(26)27)13(25)24-9-5-1-3-7-11(9)28-12-8-4-2-6-10(12)24/h1-8H,(H,26,27). The highest BCUT2D eigenvalue weighted by molar-refractivity contribution is 7.99. The molecule has 0 unspecified atom stereocenters. The Hall–Kier alpha value is -2.69. The topological polar surface area (TPSA) is 57.6 Å². The molecule has 1 aliphatic rings. The van der Waals surface area contributed by atoms with Crippen molar-refractivity contribution >= 4 is 35.0 Å². The smallest absolute Gasteiger partial charge is 0.411 e.